The molecule has 13 heavy (non-hydrogen) atoms. The van der Waals surface area contributed by atoms with Crippen molar-refractivity contribution in [2.75, 3.05) is 20.1 Å². The van der Waals surface area contributed by atoms with E-state index in [4.69, 9.17) is 5.11 Å². The summed E-state index contributed by atoms with van der Waals surface area (Å²) < 4.78 is 0. The van der Waals surface area contributed by atoms with E-state index >= 15 is 0 Å². The first-order valence-electron chi connectivity index (χ1n) is 4.40. The van der Waals surface area contributed by atoms with E-state index in [-0.39, 0.29) is 18.4 Å². The molecule has 1 heterocycles. The molecule has 1 amide bonds. The van der Waals surface area contributed by atoms with E-state index in [0.29, 0.717) is 6.54 Å². The fraction of sp³-hybridized carbons (Fsp3) is 0.875. The molecule has 5 heteroatoms. The fourth-order valence-corrected chi connectivity index (χ4v) is 1.70. The number of hydrogen-bond acceptors (Lipinski definition) is 2. The molecule has 1 atom stereocenters. The molecule has 0 radical (unpaired) electrons. The molecule has 1 aliphatic heterocycles. The molecule has 0 aromatic rings. The highest BCUT2D eigenvalue weighted by Gasteiger charge is 2.27. The number of carbonyl (C=O) groups is 1. The van der Waals surface area contributed by atoms with E-state index in [1.165, 1.54) is 0 Å². The number of nitrogens with one attached hydrogen (secondary N) is 1. The highest BCUT2D eigenvalue weighted by Crippen LogP contribution is 2.19. The third-order valence-electron chi connectivity index (χ3n) is 2.35. The van der Waals surface area contributed by atoms with Crippen LogP contribution in [0.2, 0.25) is 0 Å². The predicted molar refractivity (Wildman–Crippen MR) is 53.5 cm³/mol. The Kier molecular flexibility index (Phi) is 5.82. The van der Waals surface area contributed by atoms with Crippen LogP contribution in [0.5, 0.6) is 0 Å². The highest BCUT2D eigenvalue weighted by atomic mass is 35.5. The van der Waals surface area contributed by atoms with Gasteiger partial charge in [-0.25, -0.2) is 4.79 Å². The SMILES string of the molecule is CNCCC1CCCN1C(=O)O.Cl. The smallest absolute Gasteiger partial charge is 0.407 e. The van der Waals surface area contributed by atoms with Crippen LogP contribution in [0.25, 0.3) is 0 Å². The lowest BCUT2D eigenvalue weighted by Crippen LogP contribution is -2.35. The summed E-state index contributed by atoms with van der Waals surface area (Å²) in [6.45, 7) is 1.61. The van der Waals surface area contributed by atoms with Crippen molar-refractivity contribution in [3.8, 4) is 0 Å². The largest absolute Gasteiger partial charge is 0.465 e. The van der Waals surface area contributed by atoms with Gasteiger partial charge in [0, 0.05) is 12.6 Å². The summed E-state index contributed by atoms with van der Waals surface area (Å²) in [5.41, 5.74) is 0. The third-order valence-corrected chi connectivity index (χ3v) is 2.35. The minimum atomic E-state index is -0.770. The van der Waals surface area contributed by atoms with E-state index in [9.17, 15) is 4.79 Å². The standard InChI is InChI=1S/C8H16N2O2.ClH/c1-9-5-4-7-3-2-6-10(7)8(11)12;/h7,9H,2-6H2,1H3,(H,11,12);1H. The molecule has 4 nitrogen and oxygen atoms in total. The van der Waals surface area contributed by atoms with Crippen molar-refractivity contribution in [2.45, 2.75) is 25.3 Å². The minimum absolute atomic E-state index is 0. The molecule has 0 aliphatic carbocycles. The minimum Gasteiger partial charge on any atom is -0.465 e. The molecule has 1 aliphatic rings. The van der Waals surface area contributed by atoms with Crippen LogP contribution in [-0.4, -0.2) is 42.3 Å². The van der Waals surface area contributed by atoms with Gasteiger partial charge in [0.15, 0.2) is 0 Å². The molecular formula is C8H17ClN2O2. The van der Waals surface area contributed by atoms with Crippen LogP contribution in [0.1, 0.15) is 19.3 Å². The Bertz CT molecular complexity index is 166. The van der Waals surface area contributed by atoms with Crippen LogP contribution in [0.3, 0.4) is 0 Å². The second-order valence-electron chi connectivity index (χ2n) is 3.16. The van der Waals surface area contributed by atoms with Gasteiger partial charge in [-0.3, -0.25) is 0 Å². The number of nitrogens with zero attached hydrogens (tertiary/aromatic N) is 1. The maximum Gasteiger partial charge on any atom is 0.407 e. The van der Waals surface area contributed by atoms with Crippen molar-refractivity contribution in [1.82, 2.24) is 10.2 Å². The molecule has 2 N–H and O–H groups in total. The average Bonchev–Trinajstić information content (AvgIpc) is 2.48. The topological polar surface area (TPSA) is 52.6 Å². The van der Waals surface area contributed by atoms with E-state index in [0.717, 1.165) is 25.8 Å². The third kappa shape index (κ3) is 3.40. The van der Waals surface area contributed by atoms with Crippen LogP contribution < -0.4 is 5.32 Å². The van der Waals surface area contributed by atoms with Gasteiger partial charge in [0.25, 0.3) is 0 Å². The number of amides is 1. The Morgan fingerprint density at radius 1 is 1.69 bits per heavy atom. The fourth-order valence-electron chi connectivity index (χ4n) is 1.70. The van der Waals surface area contributed by atoms with E-state index in [1.54, 1.807) is 4.90 Å². The number of halogens is 1. The number of likely N-dealkylation sites (tertiary alicyclic amines) is 1. The van der Waals surface area contributed by atoms with Crippen molar-refractivity contribution in [3.63, 3.8) is 0 Å². The maximum absolute atomic E-state index is 10.7. The lowest BCUT2D eigenvalue weighted by atomic mass is 10.1. The van der Waals surface area contributed by atoms with Crippen LogP contribution in [0.15, 0.2) is 0 Å². The summed E-state index contributed by atoms with van der Waals surface area (Å²) in [4.78, 5) is 12.2. The highest BCUT2D eigenvalue weighted by molar-refractivity contribution is 5.85. The monoisotopic (exact) mass is 208 g/mol. The van der Waals surface area contributed by atoms with Gasteiger partial charge in [0.1, 0.15) is 0 Å². The molecule has 1 saturated heterocycles. The van der Waals surface area contributed by atoms with Crippen LogP contribution in [0, 0.1) is 0 Å². The normalized spacial score (nSPS) is 21.3. The average molecular weight is 209 g/mol. The Morgan fingerprint density at radius 2 is 2.38 bits per heavy atom. The number of carboxylic acid groups (broad SMARTS) is 1. The van der Waals surface area contributed by atoms with Crippen molar-refractivity contribution in [3.05, 3.63) is 0 Å². The molecule has 0 aromatic heterocycles. The molecule has 78 valence electrons. The number of hydrogen-bond donors (Lipinski definition) is 2. The summed E-state index contributed by atoms with van der Waals surface area (Å²) in [5.74, 6) is 0. The van der Waals surface area contributed by atoms with Crippen molar-refractivity contribution in [1.29, 1.82) is 0 Å². The molecule has 1 fully saturated rings. The lowest BCUT2D eigenvalue weighted by molar-refractivity contribution is 0.138. The summed E-state index contributed by atoms with van der Waals surface area (Å²) >= 11 is 0. The van der Waals surface area contributed by atoms with Gasteiger partial charge in [-0.1, -0.05) is 0 Å². The van der Waals surface area contributed by atoms with E-state index < -0.39 is 6.09 Å². The van der Waals surface area contributed by atoms with Gasteiger partial charge < -0.3 is 15.3 Å². The molecule has 1 rings (SSSR count). The van der Waals surface area contributed by atoms with Gasteiger partial charge >= 0.3 is 6.09 Å². The summed E-state index contributed by atoms with van der Waals surface area (Å²) in [7, 11) is 1.89. The summed E-state index contributed by atoms with van der Waals surface area (Å²) in [6, 6.07) is 0.245. The van der Waals surface area contributed by atoms with Crippen LogP contribution >= 0.6 is 12.4 Å². The predicted octanol–water partition coefficient (Wildman–Crippen LogP) is 1.16. The maximum atomic E-state index is 10.7. The molecule has 0 spiro atoms. The van der Waals surface area contributed by atoms with Crippen molar-refractivity contribution < 1.29 is 9.90 Å². The first kappa shape index (κ1) is 12.5. The van der Waals surface area contributed by atoms with Crippen molar-refractivity contribution in [2.24, 2.45) is 0 Å². The van der Waals surface area contributed by atoms with Crippen LogP contribution in [0.4, 0.5) is 4.79 Å². The van der Waals surface area contributed by atoms with Crippen molar-refractivity contribution >= 4 is 18.5 Å². The van der Waals surface area contributed by atoms with E-state index in [2.05, 4.69) is 5.32 Å². The first-order chi connectivity index (χ1) is 5.75. The number of rotatable bonds is 3. The lowest BCUT2D eigenvalue weighted by Gasteiger charge is -2.20. The molecule has 0 saturated carbocycles. The zero-order valence-electron chi connectivity index (χ0n) is 7.82. The van der Waals surface area contributed by atoms with E-state index in [1.807, 2.05) is 7.05 Å². The Balaban J connectivity index is 0.00000144. The molecular weight excluding hydrogens is 192 g/mol. The van der Waals surface area contributed by atoms with Gasteiger partial charge in [0.2, 0.25) is 0 Å². The Morgan fingerprint density at radius 3 is 2.92 bits per heavy atom. The summed E-state index contributed by atoms with van der Waals surface area (Å²) in [6.07, 6.45) is 2.20. The second-order valence-corrected chi connectivity index (χ2v) is 3.16. The zero-order chi connectivity index (χ0) is 8.97. The van der Waals surface area contributed by atoms with Gasteiger partial charge in [-0.05, 0) is 32.9 Å². The van der Waals surface area contributed by atoms with Gasteiger partial charge in [-0.2, -0.15) is 0 Å². The molecule has 1 unspecified atom stereocenters. The molecule has 0 aromatic carbocycles. The summed E-state index contributed by atoms with van der Waals surface area (Å²) in [5, 5.41) is 11.8. The quantitative estimate of drug-likeness (QED) is 0.732. The first-order valence-corrected chi connectivity index (χ1v) is 4.40. The zero-order valence-corrected chi connectivity index (χ0v) is 8.64. The van der Waals surface area contributed by atoms with Gasteiger partial charge in [-0.15, -0.1) is 12.4 Å². The molecule has 0 bridgehead atoms. The second kappa shape index (κ2) is 6.05. The van der Waals surface area contributed by atoms with Crippen LogP contribution in [-0.2, 0) is 0 Å². The van der Waals surface area contributed by atoms with Gasteiger partial charge in [0.05, 0.1) is 0 Å². The Hall–Kier alpha value is -0.480. The Labute approximate surface area is 84.7 Å².